The summed E-state index contributed by atoms with van der Waals surface area (Å²) in [5.41, 5.74) is 11.7. The van der Waals surface area contributed by atoms with Gasteiger partial charge in [-0.2, -0.15) is 0 Å². The molecule has 4 aromatic carbocycles. The third-order valence-electron chi connectivity index (χ3n) is 6.82. The van der Waals surface area contributed by atoms with Crippen molar-refractivity contribution in [2.24, 2.45) is 5.73 Å². The summed E-state index contributed by atoms with van der Waals surface area (Å²) in [5.74, 6) is -0.792. The van der Waals surface area contributed by atoms with Crippen molar-refractivity contribution in [3.63, 3.8) is 0 Å². The maximum Gasteiger partial charge on any atom is 0.251 e. The van der Waals surface area contributed by atoms with E-state index in [1.54, 1.807) is 6.07 Å². The minimum Gasteiger partial charge on any atom is -0.377 e. The minimum atomic E-state index is -0.744. The van der Waals surface area contributed by atoms with Crippen LogP contribution in [0.1, 0.15) is 51.0 Å². The number of carbonyl (C=O) groups is 2. The molecule has 5 nitrogen and oxygen atoms in total. The van der Waals surface area contributed by atoms with Crippen LogP contribution in [-0.4, -0.2) is 17.9 Å². The first-order valence-corrected chi connectivity index (χ1v) is 12.2. The number of nitrogens with two attached hydrogens (primary N) is 1. The molecule has 0 saturated heterocycles. The highest BCUT2D eigenvalue weighted by Crippen LogP contribution is 2.47. The summed E-state index contributed by atoms with van der Waals surface area (Å²) >= 11 is 0. The van der Waals surface area contributed by atoms with Crippen molar-refractivity contribution in [3.05, 3.63) is 137 Å². The lowest BCUT2D eigenvalue weighted by Gasteiger charge is -2.21. The zero-order chi connectivity index (χ0) is 24.9. The maximum atomic E-state index is 13.2. The van der Waals surface area contributed by atoms with E-state index in [4.69, 9.17) is 5.73 Å². The Hall–Kier alpha value is -4.38. The summed E-state index contributed by atoms with van der Waals surface area (Å²) in [5, 5.41) is 6.51. The molecule has 0 saturated carbocycles. The molecule has 1 heterocycles. The van der Waals surface area contributed by atoms with Gasteiger partial charge in [0.25, 0.3) is 5.91 Å². The summed E-state index contributed by atoms with van der Waals surface area (Å²) in [6.07, 6.45) is 1.10. The lowest BCUT2D eigenvalue weighted by atomic mass is 9.84. The van der Waals surface area contributed by atoms with Gasteiger partial charge >= 0.3 is 0 Å². The lowest BCUT2D eigenvalue weighted by Crippen LogP contribution is -2.44. The Morgan fingerprint density at radius 2 is 1.42 bits per heavy atom. The number of primary amides is 1. The van der Waals surface area contributed by atoms with Gasteiger partial charge in [-0.1, -0.05) is 91.0 Å². The third kappa shape index (κ3) is 5.01. The molecule has 5 rings (SSSR count). The first-order chi connectivity index (χ1) is 17.6. The largest absolute Gasteiger partial charge is 0.377 e. The first kappa shape index (κ1) is 23.4. The zero-order valence-electron chi connectivity index (χ0n) is 19.9. The van der Waals surface area contributed by atoms with Crippen LogP contribution in [0, 0.1) is 0 Å². The molecule has 0 radical (unpaired) electrons. The standard InChI is InChI=1S/C31H29N3O2/c32-30(35)27(18-16-21-10-4-1-5-11-21)34-31(36)24-17-19-26-25(20-24)28(22-12-6-2-7-13-22)29(33-26)23-14-8-3-9-15-23/h1-15,17,19-20,27-29,33H,16,18H2,(H2,32,35)(H,34,36)/t27-,28?,29?/m0/s1. The number of hydrogen-bond donors (Lipinski definition) is 3. The number of carbonyl (C=O) groups excluding carboxylic acids is 2. The predicted octanol–water partition coefficient (Wildman–Crippen LogP) is 5.20. The highest BCUT2D eigenvalue weighted by Gasteiger charge is 2.35. The molecule has 1 aliphatic rings. The normalized spacial score (nSPS) is 17.0. The van der Waals surface area contributed by atoms with Crippen LogP contribution < -0.4 is 16.4 Å². The second kappa shape index (κ2) is 10.5. The van der Waals surface area contributed by atoms with E-state index in [0.29, 0.717) is 18.4 Å². The highest BCUT2D eigenvalue weighted by atomic mass is 16.2. The molecule has 0 fully saturated rings. The van der Waals surface area contributed by atoms with E-state index < -0.39 is 11.9 Å². The van der Waals surface area contributed by atoms with Gasteiger partial charge in [-0.25, -0.2) is 0 Å². The van der Waals surface area contributed by atoms with Gasteiger partial charge in [-0.15, -0.1) is 0 Å². The maximum absolute atomic E-state index is 13.2. The molecule has 180 valence electrons. The Bertz CT molecular complexity index is 1340. The van der Waals surface area contributed by atoms with E-state index in [1.807, 2.05) is 78.9 Å². The number of fused-ring (bicyclic) bond motifs is 1. The number of rotatable bonds is 8. The fourth-order valence-corrected chi connectivity index (χ4v) is 4.97. The van der Waals surface area contributed by atoms with Gasteiger partial charge < -0.3 is 16.4 Å². The van der Waals surface area contributed by atoms with Crippen LogP contribution in [0.4, 0.5) is 5.69 Å². The molecule has 2 amide bonds. The molecule has 0 aliphatic carbocycles. The van der Waals surface area contributed by atoms with Crippen LogP contribution in [0.25, 0.3) is 0 Å². The summed E-state index contributed by atoms with van der Waals surface area (Å²) in [6.45, 7) is 0. The first-order valence-electron chi connectivity index (χ1n) is 12.2. The molecule has 1 aliphatic heterocycles. The van der Waals surface area contributed by atoms with Crippen molar-refractivity contribution in [2.45, 2.75) is 30.8 Å². The van der Waals surface area contributed by atoms with Crippen molar-refractivity contribution in [2.75, 3.05) is 5.32 Å². The SMILES string of the molecule is NC(=O)[C@H](CCc1ccccc1)NC(=O)c1ccc2c(c1)C(c1ccccc1)C(c1ccccc1)N2. The second-order valence-corrected chi connectivity index (χ2v) is 9.18. The summed E-state index contributed by atoms with van der Waals surface area (Å²) in [4.78, 5) is 25.3. The van der Waals surface area contributed by atoms with Crippen LogP contribution in [0.5, 0.6) is 0 Å². The van der Waals surface area contributed by atoms with Gasteiger partial charge in [0.05, 0.1) is 6.04 Å². The Kier molecular flexibility index (Phi) is 6.80. The van der Waals surface area contributed by atoms with Gasteiger partial charge in [-0.3, -0.25) is 9.59 Å². The summed E-state index contributed by atoms with van der Waals surface area (Å²) < 4.78 is 0. The third-order valence-corrected chi connectivity index (χ3v) is 6.82. The fourth-order valence-electron chi connectivity index (χ4n) is 4.97. The molecule has 4 N–H and O–H groups in total. The highest BCUT2D eigenvalue weighted by molar-refractivity contribution is 5.98. The van der Waals surface area contributed by atoms with E-state index in [1.165, 1.54) is 11.1 Å². The molecule has 0 bridgehead atoms. The molecule has 2 unspecified atom stereocenters. The molecular formula is C31H29N3O2. The van der Waals surface area contributed by atoms with Crippen LogP contribution in [-0.2, 0) is 11.2 Å². The van der Waals surface area contributed by atoms with Crippen LogP contribution in [0.3, 0.4) is 0 Å². The molecule has 0 aromatic heterocycles. The van der Waals surface area contributed by atoms with Gasteiger partial charge in [-0.05, 0) is 53.3 Å². The number of anilines is 1. The number of benzene rings is 4. The summed E-state index contributed by atoms with van der Waals surface area (Å²) in [6, 6.07) is 35.5. The Morgan fingerprint density at radius 3 is 2.06 bits per heavy atom. The van der Waals surface area contributed by atoms with E-state index in [9.17, 15) is 9.59 Å². The molecule has 5 heteroatoms. The molecular weight excluding hydrogens is 446 g/mol. The van der Waals surface area contributed by atoms with E-state index in [-0.39, 0.29) is 17.9 Å². The monoisotopic (exact) mass is 475 g/mol. The Labute approximate surface area is 211 Å². The summed E-state index contributed by atoms with van der Waals surface area (Å²) in [7, 11) is 0. The average Bonchev–Trinajstić information content (AvgIpc) is 3.31. The average molecular weight is 476 g/mol. The van der Waals surface area contributed by atoms with Crippen molar-refractivity contribution in [3.8, 4) is 0 Å². The molecule has 36 heavy (non-hydrogen) atoms. The smallest absolute Gasteiger partial charge is 0.251 e. The number of nitrogens with one attached hydrogen (secondary N) is 2. The van der Waals surface area contributed by atoms with Gasteiger partial charge in [0, 0.05) is 17.2 Å². The van der Waals surface area contributed by atoms with Gasteiger partial charge in [0.2, 0.25) is 5.91 Å². The second-order valence-electron chi connectivity index (χ2n) is 9.18. The molecule has 0 spiro atoms. The predicted molar refractivity (Wildman–Crippen MR) is 143 cm³/mol. The van der Waals surface area contributed by atoms with Gasteiger partial charge in [0.15, 0.2) is 0 Å². The quantitative estimate of drug-likeness (QED) is 0.327. The number of hydrogen-bond acceptors (Lipinski definition) is 3. The van der Waals surface area contributed by atoms with Crippen molar-refractivity contribution >= 4 is 17.5 Å². The van der Waals surface area contributed by atoms with E-state index >= 15 is 0 Å². The Balaban J connectivity index is 1.40. The van der Waals surface area contributed by atoms with Crippen molar-refractivity contribution in [1.82, 2.24) is 5.32 Å². The Morgan fingerprint density at radius 1 is 0.806 bits per heavy atom. The lowest BCUT2D eigenvalue weighted by molar-refractivity contribution is -0.120. The minimum absolute atomic E-state index is 0.0429. The van der Waals surface area contributed by atoms with E-state index in [0.717, 1.165) is 16.8 Å². The van der Waals surface area contributed by atoms with Crippen molar-refractivity contribution < 1.29 is 9.59 Å². The number of aryl methyl sites for hydroxylation is 1. The molecule has 4 aromatic rings. The van der Waals surface area contributed by atoms with E-state index in [2.05, 4.69) is 34.9 Å². The van der Waals surface area contributed by atoms with Crippen LogP contribution in [0.15, 0.2) is 109 Å². The molecule has 3 atom stereocenters. The van der Waals surface area contributed by atoms with Crippen LogP contribution >= 0.6 is 0 Å². The van der Waals surface area contributed by atoms with Gasteiger partial charge in [0.1, 0.15) is 6.04 Å². The van der Waals surface area contributed by atoms with Crippen molar-refractivity contribution in [1.29, 1.82) is 0 Å². The fraction of sp³-hybridized carbons (Fsp3) is 0.161. The van der Waals surface area contributed by atoms with Crippen LogP contribution in [0.2, 0.25) is 0 Å². The number of amides is 2. The zero-order valence-corrected chi connectivity index (χ0v) is 19.9. The topological polar surface area (TPSA) is 84.2 Å².